The first-order valence-electron chi connectivity index (χ1n) is 9.36. The van der Waals surface area contributed by atoms with Crippen LogP contribution in [0.5, 0.6) is 0 Å². The van der Waals surface area contributed by atoms with Crippen molar-refractivity contribution >= 4 is 29.2 Å². The number of urea groups is 1. The number of benzene rings is 1. The molecule has 4 rings (SSSR count). The molecule has 30 heavy (non-hydrogen) atoms. The summed E-state index contributed by atoms with van der Waals surface area (Å²) in [6, 6.07) is 11.6. The number of aromatic nitrogens is 3. The van der Waals surface area contributed by atoms with E-state index in [2.05, 4.69) is 25.8 Å². The second-order valence-corrected chi connectivity index (χ2v) is 6.65. The van der Waals surface area contributed by atoms with Crippen molar-refractivity contribution in [1.82, 2.24) is 20.1 Å². The van der Waals surface area contributed by atoms with Gasteiger partial charge in [-0.15, -0.1) is 10.2 Å². The van der Waals surface area contributed by atoms with Gasteiger partial charge in [-0.1, -0.05) is 6.07 Å². The van der Waals surface area contributed by atoms with Gasteiger partial charge < -0.3 is 20.4 Å². The first kappa shape index (κ1) is 19.5. The zero-order chi connectivity index (χ0) is 20.9. The number of rotatable bonds is 4. The van der Waals surface area contributed by atoms with Gasteiger partial charge in [0.2, 0.25) is 0 Å². The molecule has 2 aromatic heterocycles. The highest BCUT2D eigenvalue weighted by Gasteiger charge is 2.23. The van der Waals surface area contributed by atoms with Crippen LogP contribution in [0.1, 0.15) is 0 Å². The predicted molar refractivity (Wildman–Crippen MR) is 109 cm³/mol. The van der Waals surface area contributed by atoms with Gasteiger partial charge >= 0.3 is 6.03 Å². The zero-order valence-electron chi connectivity index (χ0n) is 15.9. The Labute approximate surface area is 171 Å². The summed E-state index contributed by atoms with van der Waals surface area (Å²) >= 11 is 0. The minimum atomic E-state index is -0.682. The normalized spacial score (nSPS) is 13.8. The number of nitrogens with one attached hydrogen (secondary N) is 2. The van der Waals surface area contributed by atoms with E-state index in [0.29, 0.717) is 43.6 Å². The van der Waals surface area contributed by atoms with E-state index < -0.39 is 17.7 Å². The third kappa shape index (κ3) is 4.59. The maximum atomic E-state index is 13.7. The molecule has 1 fully saturated rings. The maximum absolute atomic E-state index is 13.7. The molecule has 0 radical (unpaired) electrons. The number of carbonyl (C=O) groups excluding carboxylic acids is 1. The Morgan fingerprint density at radius 3 is 2.47 bits per heavy atom. The number of hydrogen-bond acceptors (Lipinski definition) is 6. The van der Waals surface area contributed by atoms with Crippen molar-refractivity contribution in [3.05, 3.63) is 66.4 Å². The molecule has 3 heterocycles. The number of piperazine rings is 1. The number of nitrogens with zero attached hydrogens (tertiary/aromatic N) is 5. The van der Waals surface area contributed by atoms with Crippen molar-refractivity contribution in [2.75, 3.05) is 41.7 Å². The Morgan fingerprint density at radius 1 is 0.933 bits per heavy atom. The van der Waals surface area contributed by atoms with E-state index in [1.165, 1.54) is 0 Å². The SMILES string of the molecule is O=C(Nc1cc(F)ccc1F)N1CCN(c2ccc(Nc3ccccn3)nn2)CC1. The molecule has 2 amide bonds. The van der Waals surface area contributed by atoms with Crippen LogP contribution in [-0.2, 0) is 0 Å². The second-order valence-electron chi connectivity index (χ2n) is 6.65. The Balaban J connectivity index is 1.31. The highest BCUT2D eigenvalue weighted by atomic mass is 19.1. The summed E-state index contributed by atoms with van der Waals surface area (Å²) in [7, 11) is 0. The van der Waals surface area contributed by atoms with Crippen LogP contribution in [0.4, 0.5) is 36.7 Å². The van der Waals surface area contributed by atoms with Gasteiger partial charge in [-0.05, 0) is 36.4 Å². The van der Waals surface area contributed by atoms with Crippen molar-refractivity contribution in [3.63, 3.8) is 0 Å². The number of hydrogen-bond donors (Lipinski definition) is 2. The fourth-order valence-electron chi connectivity index (χ4n) is 3.05. The summed E-state index contributed by atoms with van der Waals surface area (Å²) in [6.07, 6.45) is 1.68. The molecule has 0 spiro atoms. The van der Waals surface area contributed by atoms with Crippen LogP contribution in [0, 0.1) is 11.6 Å². The van der Waals surface area contributed by atoms with Gasteiger partial charge in [-0.2, -0.15) is 0 Å². The molecule has 1 saturated heterocycles. The van der Waals surface area contributed by atoms with Gasteiger partial charge in [0.15, 0.2) is 11.6 Å². The lowest BCUT2D eigenvalue weighted by molar-refractivity contribution is 0.208. The molecule has 0 bridgehead atoms. The molecule has 0 saturated carbocycles. The van der Waals surface area contributed by atoms with Crippen LogP contribution in [0.3, 0.4) is 0 Å². The first-order chi connectivity index (χ1) is 14.6. The van der Waals surface area contributed by atoms with E-state index in [1.807, 2.05) is 35.2 Å². The first-order valence-corrected chi connectivity index (χ1v) is 9.36. The van der Waals surface area contributed by atoms with Crippen LogP contribution in [0.15, 0.2) is 54.7 Å². The molecule has 8 nitrogen and oxygen atoms in total. The molecule has 0 unspecified atom stereocenters. The molecule has 1 aliphatic heterocycles. The van der Waals surface area contributed by atoms with Gasteiger partial charge in [0, 0.05) is 38.4 Å². The molecule has 2 N–H and O–H groups in total. The van der Waals surface area contributed by atoms with Crippen molar-refractivity contribution < 1.29 is 13.6 Å². The van der Waals surface area contributed by atoms with Crippen molar-refractivity contribution in [3.8, 4) is 0 Å². The van der Waals surface area contributed by atoms with Crippen molar-refractivity contribution in [2.24, 2.45) is 0 Å². The quantitative estimate of drug-likeness (QED) is 0.686. The number of halogens is 2. The van der Waals surface area contributed by atoms with E-state index in [0.717, 1.165) is 18.2 Å². The van der Waals surface area contributed by atoms with E-state index >= 15 is 0 Å². The lowest BCUT2D eigenvalue weighted by atomic mass is 10.3. The van der Waals surface area contributed by atoms with E-state index in [9.17, 15) is 13.6 Å². The van der Waals surface area contributed by atoms with Crippen LogP contribution < -0.4 is 15.5 Å². The van der Waals surface area contributed by atoms with Gasteiger partial charge in [0.1, 0.15) is 17.5 Å². The Bertz CT molecular complexity index is 1010. The molecule has 0 atom stereocenters. The lowest BCUT2D eigenvalue weighted by Crippen LogP contribution is -2.50. The van der Waals surface area contributed by atoms with Crippen LogP contribution in [0.25, 0.3) is 0 Å². The van der Waals surface area contributed by atoms with Crippen molar-refractivity contribution in [2.45, 2.75) is 0 Å². The number of amides is 2. The minimum Gasteiger partial charge on any atom is -0.352 e. The fraction of sp³-hybridized carbons (Fsp3) is 0.200. The molecule has 10 heteroatoms. The molecule has 0 aliphatic carbocycles. The summed E-state index contributed by atoms with van der Waals surface area (Å²) in [5.74, 6) is 0.647. The fourth-order valence-corrected chi connectivity index (χ4v) is 3.05. The largest absolute Gasteiger partial charge is 0.352 e. The van der Waals surface area contributed by atoms with Crippen LogP contribution >= 0.6 is 0 Å². The highest BCUT2D eigenvalue weighted by Crippen LogP contribution is 2.18. The minimum absolute atomic E-state index is 0.177. The smallest absolute Gasteiger partial charge is 0.322 e. The number of anilines is 4. The average Bonchev–Trinajstić information content (AvgIpc) is 2.78. The van der Waals surface area contributed by atoms with E-state index in [4.69, 9.17) is 0 Å². The standard InChI is InChI=1S/C20H19F2N7O/c21-14-4-5-15(22)16(13-14)24-20(30)29-11-9-28(10-12-29)19-7-6-18(26-27-19)25-17-3-1-2-8-23-17/h1-8,13H,9-12H2,(H,24,30)(H,23,25,26). The zero-order valence-corrected chi connectivity index (χ0v) is 15.9. The van der Waals surface area contributed by atoms with Gasteiger partial charge in [0.25, 0.3) is 0 Å². The van der Waals surface area contributed by atoms with Gasteiger partial charge in [-0.25, -0.2) is 18.6 Å². The Morgan fingerprint density at radius 2 is 1.77 bits per heavy atom. The Hall–Kier alpha value is -3.82. The average molecular weight is 411 g/mol. The third-order valence-corrected chi connectivity index (χ3v) is 4.63. The molecular weight excluding hydrogens is 392 g/mol. The molecule has 1 aromatic carbocycles. The summed E-state index contributed by atoms with van der Waals surface area (Å²) < 4.78 is 27.0. The topological polar surface area (TPSA) is 86.3 Å². The summed E-state index contributed by atoms with van der Waals surface area (Å²) in [5.41, 5.74) is -0.177. The monoisotopic (exact) mass is 411 g/mol. The molecule has 3 aromatic rings. The van der Waals surface area contributed by atoms with E-state index in [-0.39, 0.29) is 5.69 Å². The highest BCUT2D eigenvalue weighted by molar-refractivity contribution is 5.89. The van der Waals surface area contributed by atoms with Gasteiger partial charge in [0.05, 0.1) is 5.69 Å². The summed E-state index contributed by atoms with van der Waals surface area (Å²) in [4.78, 5) is 20.1. The number of pyridine rings is 1. The van der Waals surface area contributed by atoms with E-state index in [1.54, 1.807) is 11.1 Å². The summed E-state index contributed by atoms with van der Waals surface area (Å²) in [6.45, 7) is 1.91. The second kappa shape index (κ2) is 8.68. The summed E-state index contributed by atoms with van der Waals surface area (Å²) in [5, 5.41) is 13.9. The number of carbonyl (C=O) groups is 1. The van der Waals surface area contributed by atoms with Crippen LogP contribution in [0.2, 0.25) is 0 Å². The predicted octanol–water partition coefficient (Wildman–Crippen LogP) is 3.25. The molecule has 1 aliphatic rings. The lowest BCUT2D eigenvalue weighted by Gasteiger charge is -2.35. The van der Waals surface area contributed by atoms with Crippen molar-refractivity contribution in [1.29, 1.82) is 0 Å². The molecular formula is C20H19F2N7O. The third-order valence-electron chi connectivity index (χ3n) is 4.63. The van der Waals surface area contributed by atoms with Gasteiger partial charge in [-0.3, -0.25) is 0 Å². The van der Waals surface area contributed by atoms with Crippen LogP contribution in [-0.4, -0.2) is 52.3 Å². The Kier molecular flexibility index (Phi) is 5.64. The molecule has 154 valence electrons. The maximum Gasteiger partial charge on any atom is 0.322 e.